The van der Waals surface area contributed by atoms with E-state index >= 15 is 0 Å². The Morgan fingerprint density at radius 3 is 2.57 bits per heavy atom. The molecule has 1 unspecified atom stereocenters. The number of hydrogen-bond acceptors (Lipinski definition) is 4. The number of hydrogen-bond donors (Lipinski definition) is 2. The van der Waals surface area contributed by atoms with E-state index < -0.39 is 6.10 Å². The second-order valence-electron chi connectivity index (χ2n) is 6.91. The summed E-state index contributed by atoms with van der Waals surface area (Å²) in [6, 6.07) is 8.73. The average molecular weight is 319 g/mol. The van der Waals surface area contributed by atoms with E-state index in [0.29, 0.717) is 19.2 Å². The highest BCUT2D eigenvalue weighted by atomic mass is 16.5. The molecule has 0 amide bonds. The van der Waals surface area contributed by atoms with Crippen LogP contribution in [0.1, 0.15) is 37.7 Å². The Balaban J connectivity index is 1.28. The van der Waals surface area contributed by atoms with Crippen LogP contribution >= 0.6 is 0 Å². The van der Waals surface area contributed by atoms with Gasteiger partial charge in [0.05, 0.1) is 6.61 Å². The van der Waals surface area contributed by atoms with Gasteiger partial charge in [0.25, 0.3) is 0 Å². The summed E-state index contributed by atoms with van der Waals surface area (Å²) in [4.78, 5) is 0. The Hall–Kier alpha value is -1.10. The Kier molecular flexibility index (Phi) is 6.31. The molecule has 2 N–H and O–H groups in total. The molecular weight excluding hydrogens is 290 g/mol. The van der Waals surface area contributed by atoms with Gasteiger partial charge >= 0.3 is 0 Å². The molecule has 4 heteroatoms. The average Bonchev–Trinajstić information content (AvgIpc) is 3.34. The molecule has 1 aromatic carbocycles. The number of benzene rings is 1. The lowest BCUT2D eigenvalue weighted by atomic mass is 9.86. The van der Waals surface area contributed by atoms with Gasteiger partial charge in [-0.3, -0.25) is 0 Å². The highest BCUT2D eigenvalue weighted by molar-refractivity contribution is 5.27. The molecule has 3 rings (SSSR count). The molecule has 0 heterocycles. The monoisotopic (exact) mass is 319 g/mol. The summed E-state index contributed by atoms with van der Waals surface area (Å²) in [6.07, 6.45) is 7.03. The van der Waals surface area contributed by atoms with Gasteiger partial charge in [0.1, 0.15) is 18.5 Å². The summed E-state index contributed by atoms with van der Waals surface area (Å²) in [5, 5.41) is 13.2. The number of aliphatic hydroxyl groups is 1. The van der Waals surface area contributed by atoms with Gasteiger partial charge < -0.3 is 19.9 Å². The van der Waals surface area contributed by atoms with Crippen molar-refractivity contribution in [2.75, 3.05) is 26.4 Å². The van der Waals surface area contributed by atoms with E-state index in [4.69, 9.17) is 9.47 Å². The van der Waals surface area contributed by atoms with Gasteiger partial charge in [-0.1, -0.05) is 18.6 Å². The van der Waals surface area contributed by atoms with Crippen molar-refractivity contribution >= 4 is 0 Å². The first-order valence-corrected chi connectivity index (χ1v) is 9.00. The van der Waals surface area contributed by atoms with Crippen LogP contribution in [-0.2, 0) is 11.2 Å². The fourth-order valence-corrected chi connectivity index (χ4v) is 2.69. The van der Waals surface area contributed by atoms with Crippen LogP contribution in [0.2, 0.25) is 0 Å². The molecule has 128 valence electrons. The fraction of sp³-hybridized carbons (Fsp3) is 0.684. The van der Waals surface area contributed by atoms with Gasteiger partial charge in [-0.15, -0.1) is 0 Å². The van der Waals surface area contributed by atoms with Crippen LogP contribution in [-0.4, -0.2) is 43.6 Å². The predicted molar refractivity (Wildman–Crippen MR) is 90.8 cm³/mol. The van der Waals surface area contributed by atoms with Crippen LogP contribution in [0, 0.1) is 5.92 Å². The largest absolute Gasteiger partial charge is 0.491 e. The smallest absolute Gasteiger partial charge is 0.119 e. The van der Waals surface area contributed by atoms with Gasteiger partial charge in [-0.05, 0) is 55.7 Å². The molecule has 0 spiro atoms. The number of aliphatic hydroxyl groups excluding tert-OH is 1. The molecule has 0 radical (unpaired) electrons. The van der Waals surface area contributed by atoms with Crippen molar-refractivity contribution in [1.29, 1.82) is 0 Å². The predicted octanol–water partition coefficient (Wildman–Crippen LogP) is 2.54. The van der Waals surface area contributed by atoms with Crippen molar-refractivity contribution in [3.8, 4) is 5.75 Å². The number of ether oxygens (including phenoxy) is 2. The van der Waals surface area contributed by atoms with E-state index in [2.05, 4.69) is 17.4 Å². The molecule has 4 nitrogen and oxygen atoms in total. The van der Waals surface area contributed by atoms with Crippen LogP contribution in [0.4, 0.5) is 0 Å². The van der Waals surface area contributed by atoms with E-state index in [1.165, 1.54) is 37.7 Å². The van der Waals surface area contributed by atoms with Crippen molar-refractivity contribution in [1.82, 2.24) is 5.32 Å². The first-order valence-electron chi connectivity index (χ1n) is 9.00. The maximum Gasteiger partial charge on any atom is 0.119 e. The first-order chi connectivity index (χ1) is 11.3. The number of nitrogens with one attached hydrogen (secondary N) is 1. The third-order valence-corrected chi connectivity index (χ3v) is 4.70. The minimum absolute atomic E-state index is 0.337. The number of rotatable bonds is 11. The first kappa shape index (κ1) is 16.7. The highest BCUT2D eigenvalue weighted by Crippen LogP contribution is 2.26. The molecule has 2 fully saturated rings. The topological polar surface area (TPSA) is 50.7 Å². The van der Waals surface area contributed by atoms with Crippen molar-refractivity contribution in [2.24, 2.45) is 5.92 Å². The van der Waals surface area contributed by atoms with Gasteiger partial charge in [0.15, 0.2) is 0 Å². The molecule has 2 aliphatic rings. The molecule has 2 aliphatic carbocycles. The van der Waals surface area contributed by atoms with Crippen molar-refractivity contribution in [2.45, 2.75) is 50.7 Å². The second kappa shape index (κ2) is 8.67. The molecule has 0 saturated heterocycles. The lowest BCUT2D eigenvalue weighted by Crippen LogP contribution is -2.32. The molecule has 1 aromatic rings. The van der Waals surface area contributed by atoms with Crippen LogP contribution in [0.5, 0.6) is 5.75 Å². The van der Waals surface area contributed by atoms with Crippen LogP contribution in [0.3, 0.4) is 0 Å². The van der Waals surface area contributed by atoms with Crippen LogP contribution in [0.15, 0.2) is 24.3 Å². The fourth-order valence-electron chi connectivity index (χ4n) is 2.69. The Labute approximate surface area is 139 Å². The van der Waals surface area contributed by atoms with E-state index in [1.54, 1.807) is 0 Å². The van der Waals surface area contributed by atoms with Gasteiger partial charge in [-0.25, -0.2) is 0 Å². The van der Waals surface area contributed by atoms with E-state index in [1.807, 2.05) is 12.1 Å². The zero-order valence-corrected chi connectivity index (χ0v) is 13.9. The summed E-state index contributed by atoms with van der Waals surface area (Å²) in [5.41, 5.74) is 1.27. The van der Waals surface area contributed by atoms with Crippen molar-refractivity contribution < 1.29 is 14.6 Å². The lowest BCUT2D eigenvalue weighted by molar-refractivity contribution is 0.0722. The lowest BCUT2D eigenvalue weighted by Gasteiger charge is -2.24. The summed E-state index contributed by atoms with van der Waals surface area (Å²) < 4.78 is 11.4. The third-order valence-electron chi connectivity index (χ3n) is 4.70. The normalized spacial score (nSPS) is 19.3. The summed E-state index contributed by atoms with van der Waals surface area (Å²) in [7, 11) is 0. The Bertz CT molecular complexity index is 454. The molecule has 0 aromatic heterocycles. The SMILES string of the molecule is OC(CNC1CC1)COc1ccc(CCOCC2CCC2)cc1. The molecule has 0 bridgehead atoms. The maximum absolute atomic E-state index is 9.85. The molecular formula is C19H29NO3. The minimum Gasteiger partial charge on any atom is -0.491 e. The van der Waals surface area contributed by atoms with Crippen molar-refractivity contribution in [3.05, 3.63) is 29.8 Å². The molecule has 23 heavy (non-hydrogen) atoms. The summed E-state index contributed by atoms with van der Waals surface area (Å²) in [5.74, 6) is 1.63. The Morgan fingerprint density at radius 1 is 1.13 bits per heavy atom. The zero-order valence-electron chi connectivity index (χ0n) is 13.9. The quantitative estimate of drug-likeness (QED) is 0.616. The highest BCUT2D eigenvalue weighted by Gasteiger charge is 2.21. The van der Waals surface area contributed by atoms with Crippen molar-refractivity contribution in [3.63, 3.8) is 0 Å². The Morgan fingerprint density at radius 2 is 1.91 bits per heavy atom. The molecule has 2 saturated carbocycles. The van der Waals surface area contributed by atoms with Gasteiger partial charge in [0.2, 0.25) is 0 Å². The summed E-state index contributed by atoms with van der Waals surface area (Å²) >= 11 is 0. The van der Waals surface area contributed by atoms with Gasteiger partial charge in [-0.2, -0.15) is 0 Å². The van der Waals surface area contributed by atoms with E-state index in [9.17, 15) is 5.11 Å². The standard InChI is InChI=1S/C19H29NO3/c21-18(12-20-17-6-7-17)14-23-19-8-4-15(5-9-19)10-11-22-13-16-2-1-3-16/h4-5,8-9,16-18,20-21H,1-3,6-7,10-14H2. The zero-order chi connectivity index (χ0) is 15.9. The van der Waals surface area contributed by atoms with E-state index in [0.717, 1.165) is 31.3 Å². The molecule has 0 aliphatic heterocycles. The second-order valence-corrected chi connectivity index (χ2v) is 6.91. The van der Waals surface area contributed by atoms with Crippen LogP contribution in [0.25, 0.3) is 0 Å². The summed E-state index contributed by atoms with van der Waals surface area (Å²) in [6.45, 7) is 2.67. The maximum atomic E-state index is 9.85. The van der Waals surface area contributed by atoms with E-state index in [-0.39, 0.29) is 0 Å². The van der Waals surface area contributed by atoms with Gasteiger partial charge in [0, 0.05) is 19.2 Å². The molecule has 1 atom stereocenters. The third kappa shape index (κ3) is 6.13. The van der Waals surface area contributed by atoms with Crippen LogP contribution < -0.4 is 10.1 Å². The minimum atomic E-state index is -0.449.